The van der Waals surface area contributed by atoms with Crippen LogP contribution >= 0.6 is 0 Å². The molecule has 0 radical (unpaired) electrons. The van der Waals surface area contributed by atoms with Gasteiger partial charge in [-0.25, -0.2) is 9.97 Å². The Morgan fingerprint density at radius 2 is 2.29 bits per heavy atom. The Balaban J connectivity index is 2.65. The van der Waals surface area contributed by atoms with Crippen molar-refractivity contribution in [1.29, 1.82) is 0 Å². The summed E-state index contributed by atoms with van der Waals surface area (Å²) in [5, 5.41) is 12.1. The van der Waals surface area contributed by atoms with Gasteiger partial charge >= 0.3 is 0 Å². The van der Waals surface area contributed by atoms with Gasteiger partial charge in [-0.05, 0) is 18.9 Å². The maximum atomic E-state index is 9.00. The first-order valence-corrected chi connectivity index (χ1v) is 4.99. The summed E-state index contributed by atoms with van der Waals surface area (Å²) in [4.78, 5) is 8.38. The van der Waals surface area contributed by atoms with Crippen LogP contribution in [0.15, 0.2) is 12.3 Å². The Bertz CT molecular complexity index is 274. The molecule has 0 bridgehead atoms. The topological polar surface area (TPSA) is 58.0 Å². The quantitative estimate of drug-likeness (QED) is 0.741. The fourth-order valence-electron chi connectivity index (χ4n) is 1.12. The van der Waals surface area contributed by atoms with Gasteiger partial charge in [0.15, 0.2) is 0 Å². The summed E-state index contributed by atoms with van der Waals surface area (Å²) in [6.07, 6.45) is 3.49. The van der Waals surface area contributed by atoms with Crippen molar-refractivity contribution in [3.8, 4) is 0 Å². The molecule has 1 atom stereocenters. The van der Waals surface area contributed by atoms with Crippen LogP contribution in [-0.4, -0.2) is 27.7 Å². The highest BCUT2D eigenvalue weighted by molar-refractivity contribution is 5.26. The Kier molecular flexibility index (Phi) is 4.32. The van der Waals surface area contributed by atoms with Gasteiger partial charge in [0.2, 0.25) is 5.95 Å². The number of rotatable bonds is 5. The van der Waals surface area contributed by atoms with Gasteiger partial charge in [-0.3, -0.25) is 0 Å². The van der Waals surface area contributed by atoms with Crippen molar-refractivity contribution in [2.24, 2.45) is 0 Å². The van der Waals surface area contributed by atoms with Crippen LogP contribution in [0.25, 0.3) is 0 Å². The molecule has 0 aromatic carbocycles. The summed E-state index contributed by atoms with van der Waals surface area (Å²) in [5.74, 6) is 0.602. The Morgan fingerprint density at radius 1 is 1.50 bits per heavy atom. The molecule has 78 valence electrons. The monoisotopic (exact) mass is 195 g/mol. The Labute approximate surface area is 84.4 Å². The highest BCUT2D eigenvalue weighted by Gasteiger charge is 2.05. The summed E-state index contributed by atoms with van der Waals surface area (Å²) in [6, 6.07) is 1.94. The molecule has 1 heterocycles. The van der Waals surface area contributed by atoms with Gasteiger partial charge in [-0.1, -0.05) is 13.8 Å². The summed E-state index contributed by atoms with van der Waals surface area (Å²) < 4.78 is 0. The fraction of sp³-hybridized carbons (Fsp3) is 0.600. The van der Waals surface area contributed by atoms with Crippen LogP contribution in [0.3, 0.4) is 0 Å². The highest BCUT2D eigenvalue weighted by atomic mass is 16.3. The van der Waals surface area contributed by atoms with E-state index in [0.29, 0.717) is 5.95 Å². The third-order valence-electron chi connectivity index (χ3n) is 2.12. The van der Waals surface area contributed by atoms with E-state index in [4.69, 9.17) is 5.11 Å². The molecule has 1 aromatic heterocycles. The van der Waals surface area contributed by atoms with E-state index >= 15 is 0 Å². The summed E-state index contributed by atoms with van der Waals surface area (Å²) in [6.45, 7) is 4.17. The average Bonchev–Trinajstić information content (AvgIpc) is 2.26. The molecule has 0 aliphatic carbocycles. The third kappa shape index (κ3) is 2.96. The standard InChI is InChI=1S/C10H17N3O/c1-3-8-5-6-11-10(12-8)13-9(4-2)7-14/h5-6,9,14H,3-4,7H2,1-2H3,(H,11,12,13). The van der Waals surface area contributed by atoms with Crippen molar-refractivity contribution in [2.75, 3.05) is 11.9 Å². The molecular formula is C10H17N3O. The predicted octanol–water partition coefficient (Wildman–Crippen LogP) is 1.22. The lowest BCUT2D eigenvalue weighted by atomic mass is 10.2. The number of aryl methyl sites for hydroxylation is 1. The SMILES string of the molecule is CCc1ccnc(NC(CC)CO)n1. The normalized spacial score (nSPS) is 12.5. The van der Waals surface area contributed by atoms with Crippen molar-refractivity contribution < 1.29 is 5.11 Å². The van der Waals surface area contributed by atoms with Gasteiger partial charge < -0.3 is 10.4 Å². The molecule has 0 aliphatic rings. The minimum absolute atomic E-state index is 0.0436. The van der Waals surface area contributed by atoms with Crippen molar-refractivity contribution in [2.45, 2.75) is 32.7 Å². The molecule has 0 aliphatic heterocycles. The molecule has 0 amide bonds. The van der Waals surface area contributed by atoms with Crippen molar-refractivity contribution >= 4 is 5.95 Å². The molecule has 2 N–H and O–H groups in total. The van der Waals surface area contributed by atoms with Gasteiger partial charge in [-0.2, -0.15) is 0 Å². The van der Waals surface area contributed by atoms with E-state index in [9.17, 15) is 0 Å². The molecule has 1 aromatic rings. The first-order chi connectivity index (χ1) is 6.80. The van der Waals surface area contributed by atoms with Crippen LogP contribution in [0.4, 0.5) is 5.95 Å². The van der Waals surface area contributed by atoms with Crippen LogP contribution in [0, 0.1) is 0 Å². The molecule has 4 heteroatoms. The zero-order valence-corrected chi connectivity index (χ0v) is 8.70. The van der Waals surface area contributed by atoms with Crippen LogP contribution in [0.2, 0.25) is 0 Å². The second-order valence-electron chi connectivity index (χ2n) is 3.16. The van der Waals surface area contributed by atoms with Gasteiger partial charge in [-0.15, -0.1) is 0 Å². The van der Waals surface area contributed by atoms with E-state index in [-0.39, 0.29) is 12.6 Å². The molecule has 0 saturated heterocycles. The average molecular weight is 195 g/mol. The summed E-state index contributed by atoms with van der Waals surface area (Å²) in [7, 11) is 0. The number of anilines is 1. The zero-order valence-electron chi connectivity index (χ0n) is 8.70. The first-order valence-electron chi connectivity index (χ1n) is 4.99. The molecule has 0 fully saturated rings. The van der Waals surface area contributed by atoms with Crippen LogP contribution < -0.4 is 5.32 Å². The number of aliphatic hydroxyl groups excluding tert-OH is 1. The zero-order chi connectivity index (χ0) is 10.4. The van der Waals surface area contributed by atoms with E-state index in [1.165, 1.54) is 0 Å². The lowest BCUT2D eigenvalue weighted by Gasteiger charge is -2.13. The van der Waals surface area contributed by atoms with Crippen molar-refractivity contribution in [3.63, 3.8) is 0 Å². The van der Waals surface area contributed by atoms with Gasteiger partial charge in [0.1, 0.15) is 0 Å². The molecule has 1 unspecified atom stereocenters. The van der Waals surface area contributed by atoms with E-state index < -0.39 is 0 Å². The molecule has 1 rings (SSSR count). The minimum atomic E-state index is 0.0436. The molecule has 14 heavy (non-hydrogen) atoms. The predicted molar refractivity (Wildman–Crippen MR) is 56.2 cm³/mol. The maximum Gasteiger partial charge on any atom is 0.223 e. The van der Waals surface area contributed by atoms with Crippen LogP contribution in [0.5, 0.6) is 0 Å². The van der Waals surface area contributed by atoms with E-state index in [2.05, 4.69) is 22.2 Å². The van der Waals surface area contributed by atoms with Gasteiger partial charge in [0, 0.05) is 11.9 Å². The summed E-state index contributed by atoms with van der Waals surface area (Å²) in [5.41, 5.74) is 1.01. The smallest absolute Gasteiger partial charge is 0.223 e. The van der Waals surface area contributed by atoms with E-state index in [1.807, 2.05) is 13.0 Å². The number of hydrogen-bond acceptors (Lipinski definition) is 4. The van der Waals surface area contributed by atoms with Crippen LogP contribution in [0.1, 0.15) is 26.0 Å². The first kappa shape index (κ1) is 10.9. The minimum Gasteiger partial charge on any atom is -0.394 e. The number of nitrogens with zero attached hydrogens (tertiary/aromatic N) is 2. The number of aromatic nitrogens is 2. The van der Waals surface area contributed by atoms with E-state index in [0.717, 1.165) is 18.5 Å². The second-order valence-corrected chi connectivity index (χ2v) is 3.16. The number of aliphatic hydroxyl groups is 1. The number of hydrogen-bond donors (Lipinski definition) is 2. The van der Waals surface area contributed by atoms with Gasteiger partial charge in [0.05, 0.1) is 12.6 Å². The van der Waals surface area contributed by atoms with E-state index in [1.54, 1.807) is 6.20 Å². The lowest BCUT2D eigenvalue weighted by Crippen LogP contribution is -2.24. The van der Waals surface area contributed by atoms with Crippen molar-refractivity contribution in [3.05, 3.63) is 18.0 Å². The Morgan fingerprint density at radius 3 is 2.86 bits per heavy atom. The van der Waals surface area contributed by atoms with Crippen molar-refractivity contribution in [1.82, 2.24) is 9.97 Å². The molecule has 0 spiro atoms. The molecule has 4 nitrogen and oxygen atoms in total. The largest absolute Gasteiger partial charge is 0.394 e. The third-order valence-corrected chi connectivity index (χ3v) is 2.12. The van der Waals surface area contributed by atoms with Crippen LogP contribution in [-0.2, 0) is 6.42 Å². The highest BCUT2D eigenvalue weighted by Crippen LogP contribution is 2.04. The second kappa shape index (κ2) is 5.54. The maximum absolute atomic E-state index is 9.00. The molecular weight excluding hydrogens is 178 g/mol. The lowest BCUT2D eigenvalue weighted by molar-refractivity contribution is 0.271. The van der Waals surface area contributed by atoms with Gasteiger partial charge in [0.25, 0.3) is 0 Å². The summed E-state index contributed by atoms with van der Waals surface area (Å²) >= 11 is 0. The number of nitrogens with one attached hydrogen (secondary N) is 1. The Hall–Kier alpha value is -1.16. The molecule has 0 saturated carbocycles. The fourth-order valence-corrected chi connectivity index (χ4v) is 1.12.